The van der Waals surface area contributed by atoms with Crippen molar-refractivity contribution < 1.29 is 27.9 Å². The van der Waals surface area contributed by atoms with Crippen LogP contribution < -0.4 is 0 Å². The third kappa shape index (κ3) is 3.07. The number of alkyl halides is 3. The number of hydrogen-bond acceptors (Lipinski definition) is 4. The maximum atomic E-state index is 12.5. The van der Waals surface area contributed by atoms with Gasteiger partial charge in [0.2, 0.25) is 5.78 Å². The van der Waals surface area contributed by atoms with Gasteiger partial charge in [0.25, 0.3) is 0 Å². The normalized spacial score (nSPS) is 16.3. The molecule has 8 heteroatoms. The molecular weight excluding hydrogens is 311 g/mol. The number of aliphatic hydroxyl groups excluding tert-OH is 1. The van der Waals surface area contributed by atoms with Gasteiger partial charge < -0.3 is 5.11 Å². The summed E-state index contributed by atoms with van der Waals surface area (Å²) in [5, 5.41) is 9.11. The predicted octanol–water partition coefficient (Wildman–Crippen LogP) is 3.50. The van der Waals surface area contributed by atoms with Crippen molar-refractivity contribution in [2.75, 3.05) is 0 Å². The summed E-state index contributed by atoms with van der Waals surface area (Å²) in [4.78, 5) is 27.2. The first-order chi connectivity index (χ1) is 9.71. The second-order valence-electron chi connectivity index (χ2n) is 4.48. The Bertz CT molecular complexity index is 653. The lowest BCUT2D eigenvalue weighted by Crippen LogP contribution is -2.21. The standard InChI is InChI=1S/C13H9ClF3NO3/c14-7-4-6(13(15,16)17)5-18-11(7)12(21)10-8(19)2-1-3-9(10)20/h4-5,19H,1-3H2. The van der Waals surface area contributed by atoms with E-state index in [1.54, 1.807) is 0 Å². The highest BCUT2D eigenvalue weighted by molar-refractivity contribution is 6.37. The van der Waals surface area contributed by atoms with Crippen molar-refractivity contribution in [2.45, 2.75) is 25.4 Å². The molecule has 1 heterocycles. The third-order valence-electron chi connectivity index (χ3n) is 3.00. The molecule has 21 heavy (non-hydrogen) atoms. The van der Waals surface area contributed by atoms with Gasteiger partial charge >= 0.3 is 6.18 Å². The van der Waals surface area contributed by atoms with E-state index >= 15 is 0 Å². The molecule has 1 aliphatic rings. The van der Waals surface area contributed by atoms with Crippen LogP contribution in [-0.2, 0) is 11.0 Å². The molecule has 0 radical (unpaired) electrons. The Kier molecular flexibility index (Phi) is 4.04. The molecule has 4 nitrogen and oxygen atoms in total. The average molecular weight is 320 g/mol. The van der Waals surface area contributed by atoms with Gasteiger partial charge in [0.15, 0.2) is 5.78 Å². The molecule has 0 fully saturated rings. The average Bonchev–Trinajstić information content (AvgIpc) is 2.37. The van der Waals surface area contributed by atoms with Crippen molar-refractivity contribution in [3.05, 3.63) is 39.9 Å². The third-order valence-corrected chi connectivity index (χ3v) is 3.28. The lowest BCUT2D eigenvalue weighted by Gasteiger charge is -2.14. The van der Waals surface area contributed by atoms with Gasteiger partial charge in [0.05, 0.1) is 10.6 Å². The zero-order chi connectivity index (χ0) is 15.8. The minimum atomic E-state index is -4.64. The molecule has 2 rings (SSSR count). The van der Waals surface area contributed by atoms with E-state index in [0.717, 1.165) is 0 Å². The molecule has 1 aromatic heterocycles. The number of aromatic nitrogens is 1. The largest absolute Gasteiger partial charge is 0.511 e. The summed E-state index contributed by atoms with van der Waals surface area (Å²) in [6, 6.07) is 0.562. The van der Waals surface area contributed by atoms with Crippen LogP contribution >= 0.6 is 11.6 Å². The molecular formula is C13H9ClF3NO3. The van der Waals surface area contributed by atoms with Gasteiger partial charge in [-0.25, -0.2) is 0 Å². The van der Waals surface area contributed by atoms with E-state index in [2.05, 4.69) is 4.98 Å². The molecule has 1 aliphatic carbocycles. The van der Waals surface area contributed by atoms with Crippen LogP contribution in [0, 0.1) is 0 Å². The Morgan fingerprint density at radius 2 is 2.00 bits per heavy atom. The van der Waals surface area contributed by atoms with Crippen LogP contribution in [0.5, 0.6) is 0 Å². The number of aliphatic hydroxyl groups is 1. The topological polar surface area (TPSA) is 67.3 Å². The van der Waals surface area contributed by atoms with Gasteiger partial charge in [-0.05, 0) is 12.5 Å². The van der Waals surface area contributed by atoms with Crippen molar-refractivity contribution in [3.8, 4) is 0 Å². The van der Waals surface area contributed by atoms with Crippen molar-refractivity contribution in [1.29, 1.82) is 0 Å². The van der Waals surface area contributed by atoms with Crippen LogP contribution in [0.2, 0.25) is 5.02 Å². The number of ketones is 2. The molecule has 0 atom stereocenters. The predicted molar refractivity (Wildman–Crippen MR) is 67.1 cm³/mol. The fraction of sp³-hybridized carbons (Fsp3) is 0.308. The molecule has 0 aromatic carbocycles. The number of allylic oxidation sites excluding steroid dienone is 2. The molecule has 0 unspecified atom stereocenters. The molecule has 1 N–H and O–H groups in total. The van der Waals surface area contributed by atoms with Gasteiger partial charge in [-0.15, -0.1) is 0 Å². The lowest BCUT2D eigenvalue weighted by atomic mass is 9.92. The van der Waals surface area contributed by atoms with Crippen molar-refractivity contribution in [3.63, 3.8) is 0 Å². The number of pyridine rings is 1. The molecule has 1 aromatic rings. The highest BCUT2D eigenvalue weighted by atomic mass is 35.5. The summed E-state index contributed by atoms with van der Waals surface area (Å²) in [6.45, 7) is 0. The number of rotatable bonds is 2. The Labute approximate surface area is 122 Å². The number of hydrogen-bond donors (Lipinski definition) is 1. The Morgan fingerprint density at radius 3 is 2.52 bits per heavy atom. The first-order valence-electron chi connectivity index (χ1n) is 5.94. The van der Waals surface area contributed by atoms with Gasteiger partial charge in [0.1, 0.15) is 17.0 Å². The smallest absolute Gasteiger partial charge is 0.417 e. The highest BCUT2D eigenvalue weighted by Gasteiger charge is 2.34. The highest BCUT2D eigenvalue weighted by Crippen LogP contribution is 2.32. The van der Waals surface area contributed by atoms with E-state index in [1.807, 2.05) is 0 Å². The number of nitrogens with zero attached hydrogens (tertiary/aromatic N) is 1. The Hall–Kier alpha value is -1.89. The number of carbonyl (C=O) groups is 2. The van der Waals surface area contributed by atoms with Crippen molar-refractivity contribution in [2.24, 2.45) is 0 Å². The molecule has 0 spiro atoms. The maximum Gasteiger partial charge on any atom is 0.417 e. The van der Waals surface area contributed by atoms with Crippen LogP contribution in [0.25, 0.3) is 0 Å². The fourth-order valence-electron chi connectivity index (χ4n) is 1.96. The van der Waals surface area contributed by atoms with E-state index in [4.69, 9.17) is 11.6 Å². The summed E-state index contributed by atoms with van der Waals surface area (Å²) in [5.74, 6) is -1.91. The summed E-state index contributed by atoms with van der Waals surface area (Å²) in [5.41, 5.74) is -2.03. The number of Topliss-reactive ketones (excluding diaryl/α,β-unsaturated/α-hetero) is 2. The van der Waals surface area contributed by atoms with Crippen molar-refractivity contribution >= 4 is 23.2 Å². The Balaban J connectivity index is 2.43. The molecule has 0 amide bonds. The zero-order valence-corrected chi connectivity index (χ0v) is 11.3. The van der Waals surface area contributed by atoms with E-state index in [1.165, 1.54) is 0 Å². The SMILES string of the molecule is O=C1CCCC(O)=C1C(=O)c1ncc(C(F)(F)F)cc1Cl. The minimum Gasteiger partial charge on any atom is -0.511 e. The minimum absolute atomic E-state index is 0.0867. The second kappa shape index (κ2) is 5.48. The molecule has 112 valence electrons. The van der Waals surface area contributed by atoms with Gasteiger partial charge in [-0.2, -0.15) is 13.2 Å². The van der Waals surface area contributed by atoms with E-state index in [0.29, 0.717) is 18.7 Å². The lowest BCUT2D eigenvalue weighted by molar-refractivity contribution is -0.137. The first kappa shape index (κ1) is 15.5. The summed E-state index contributed by atoms with van der Waals surface area (Å²) >= 11 is 5.65. The summed E-state index contributed by atoms with van der Waals surface area (Å²) in [6.07, 6.45) is -3.52. The van der Waals surface area contributed by atoms with Crippen LogP contribution in [0.3, 0.4) is 0 Å². The Morgan fingerprint density at radius 1 is 1.33 bits per heavy atom. The molecule has 0 saturated heterocycles. The van der Waals surface area contributed by atoms with Gasteiger partial charge in [-0.3, -0.25) is 14.6 Å². The molecule has 0 bridgehead atoms. The maximum absolute atomic E-state index is 12.5. The summed E-state index contributed by atoms with van der Waals surface area (Å²) in [7, 11) is 0. The van der Waals surface area contributed by atoms with E-state index in [9.17, 15) is 27.9 Å². The van der Waals surface area contributed by atoms with Crippen LogP contribution in [-0.4, -0.2) is 21.7 Å². The van der Waals surface area contributed by atoms with Crippen LogP contribution in [0.1, 0.15) is 35.3 Å². The van der Waals surface area contributed by atoms with Crippen LogP contribution in [0.4, 0.5) is 13.2 Å². The van der Waals surface area contributed by atoms with E-state index < -0.39 is 39.6 Å². The second-order valence-corrected chi connectivity index (χ2v) is 4.89. The zero-order valence-electron chi connectivity index (χ0n) is 10.5. The fourth-order valence-corrected chi connectivity index (χ4v) is 2.22. The van der Waals surface area contributed by atoms with Gasteiger partial charge in [0, 0.05) is 19.0 Å². The van der Waals surface area contributed by atoms with E-state index in [-0.39, 0.29) is 18.6 Å². The summed E-state index contributed by atoms with van der Waals surface area (Å²) < 4.78 is 37.5. The van der Waals surface area contributed by atoms with Gasteiger partial charge in [-0.1, -0.05) is 11.6 Å². The molecule has 0 saturated carbocycles. The monoisotopic (exact) mass is 319 g/mol. The number of carbonyl (C=O) groups excluding carboxylic acids is 2. The van der Waals surface area contributed by atoms with Crippen LogP contribution in [0.15, 0.2) is 23.6 Å². The molecule has 0 aliphatic heterocycles. The number of halogens is 4. The first-order valence-corrected chi connectivity index (χ1v) is 6.32. The quantitative estimate of drug-likeness (QED) is 0.669. The van der Waals surface area contributed by atoms with Crippen molar-refractivity contribution in [1.82, 2.24) is 4.98 Å².